The zero-order valence-electron chi connectivity index (χ0n) is 11.2. The second-order valence-corrected chi connectivity index (χ2v) is 7.60. The first-order valence-corrected chi connectivity index (χ1v) is 8.98. The molecule has 0 radical (unpaired) electrons. The van der Waals surface area contributed by atoms with Crippen molar-refractivity contribution in [2.45, 2.75) is 30.2 Å². The third kappa shape index (κ3) is 2.93. The van der Waals surface area contributed by atoms with Crippen LogP contribution in [0.3, 0.4) is 0 Å². The van der Waals surface area contributed by atoms with Gasteiger partial charge in [0.15, 0.2) is 0 Å². The fraction of sp³-hybridized carbons (Fsp3) is 0.308. The lowest BCUT2D eigenvalue weighted by atomic mass is 9.95. The van der Waals surface area contributed by atoms with Crippen LogP contribution >= 0.6 is 11.3 Å². The third-order valence-electron chi connectivity index (χ3n) is 3.54. The smallest absolute Gasteiger partial charge is 0.242 e. The van der Waals surface area contributed by atoms with Crippen molar-refractivity contribution >= 4 is 27.2 Å². The molecule has 1 aliphatic carbocycles. The number of hydrazine groups is 1. The van der Waals surface area contributed by atoms with Gasteiger partial charge in [0.25, 0.3) is 0 Å². The number of hydrogen-bond acceptors (Lipinski definition) is 6. The van der Waals surface area contributed by atoms with Crippen molar-refractivity contribution in [2.24, 2.45) is 5.84 Å². The van der Waals surface area contributed by atoms with Crippen molar-refractivity contribution in [3.63, 3.8) is 0 Å². The zero-order valence-corrected chi connectivity index (χ0v) is 12.9. The van der Waals surface area contributed by atoms with Crippen LogP contribution in [0.15, 0.2) is 34.7 Å². The van der Waals surface area contributed by atoms with Gasteiger partial charge in [-0.2, -0.15) is 0 Å². The normalized spacial score (nSPS) is 18.2. The SMILES string of the molecule is NNc1ccc(S(=O)(=O)NC2CCCc3sccc32)cn1. The highest BCUT2D eigenvalue weighted by Crippen LogP contribution is 2.34. The van der Waals surface area contributed by atoms with E-state index in [2.05, 4.69) is 15.1 Å². The molecule has 1 unspecified atom stereocenters. The highest BCUT2D eigenvalue weighted by molar-refractivity contribution is 7.89. The minimum atomic E-state index is -3.58. The van der Waals surface area contributed by atoms with Gasteiger partial charge in [-0.25, -0.2) is 24.0 Å². The van der Waals surface area contributed by atoms with E-state index in [4.69, 9.17) is 5.84 Å². The number of nitrogen functional groups attached to an aromatic ring is 1. The van der Waals surface area contributed by atoms with Crippen molar-refractivity contribution in [3.8, 4) is 0 Å². The molecule has 2 aromatic heterocycles. The lowest BCUT2D eigenvalue weighted by Crippen LogP contribution is -2.30. The number of sulfonamides is 1. The Bertz CT molecular complexity index is 725. The van der Waals surface area contributed by atoms with Gasteiger partial charge >= 0.3 is 0 Å². The Balaban J connectivity index is 1.84. The van der Waals surface area contributed by atoms with E-state index < -0.39 is 10.0 Å². The van der Waals surface area contributed by atoms with Crippen LogP contribution in [0, 0.1) is 0 Å². The summed E-state index contributed by atoms with van der Waals surface area (Å²) >= 11 is 1.69. The molecule has 2 heterocycles. The number of nitrogens with two attached hydrogens (primary N) is 1. The maximum atomic E-state index is 12.4. The van der Waals surface area contributed by atoms with Gasteiger partial charge in [-0.3, -0.25) is 0 Å². The average Bonchev–Trinajstić information content (AvgIpc) is 2.97. The van der Waals surface area contributed by atoms with Gasteiger partial charge < -0.3 is 5.43 Å². The van der Waals surface area contributed by atoms with Crippen LogP contribution in [0.4, 0.5) is 5.82 Å². The van der Waals surface area contributed by atoms with Gasteiger partial charge in [-0.15, -0.1) is 11.3 Å². The number of fused-ring (bicyclic) bond motifs is 1. The number of aromatic nitrogens is 1. The molecule has 0 saturated carbocycles. The first-order chi connectivity index (χ1) is 10.1. The minimum Gasteiger partial charge on any atom is -0.308 e. The van der Waals surface area contributed by atoms with Crippen LogP contribution in [0.1, 0.15) is 29.3 Å². The molecule has 0 bridgehead atoms. The molecular weight excluding hydrogens is 308 g/mol. The molecule has 3 rings (SSSR count). The maximum absolute atomic E-state index is 12.4. The molecule has 0 saturated heterocycles. The summed E-state index contributed by atoms with van der Waals surface area (Å²) in [6.07, 6.45) is 4.15. The third-order valence-corrected chi connectivity index (χ3v) is 6.00. The Hall–Kier alpha value is -1.48. The van der Waals surface area contributed by atoms with Gasteiger partial charge in [-0.05, 0) is 48.4 Å². The van der Waals surface area contributed by atoms with Crippen LogP contribution in [-0.2, 0) is 16.4 Å². The largest absolute Gasteiger partial charge is 0.308 e. The molecule has 0 aliphatic heterocycles. The van der Waals surface area contributed by atoms with E-state index in [1.54, 1.807) is 11.3 Å². The Kier molecular flexibility index (Phi) is 3.94. The van der Waals surface area contributed by atoms with Crippen LogP contribution in [0.25, 0.3) is 0 Å². The number of aryl methyl sites for hydroxylation is 1. The lowest BCUT2D eigenvalue weighted by molar-refractivity contribution is 0.511. The zero-order chi connectivity index (χ0) is 14.9. The summed E-state index contributed by atoms with van der Waals surface area (Å²) in [5.41, 5.74) is 3.47. The van der Waals surface area contributed by atoms with Crippen molar-refractivity contribution in [2.75, 3.05) is 5.43 Å². The number of thiophene rings is 1. The Labute approximate surface area is 127 Å². The molecule has 0 fully saturated rings. The van der Waals surface area contributed by atoms with Gasteiger partial charge in [0, 0.05) is 17.1 Å². The van der Waals surface area contributed by atoms with E-state index in [-0.39, 0.29) is 10.9 Å². The van der Waals surface area contributed by atoms with Crippen molar-refractivity contribution in [3.05, 3.63) is 40.2 Å². The van der Waals surface area contributed by atoms with Crippen molar-refractivity contribution in [1.82, 2.24) is 9.71 Å². The first-order valence-electron chi connectivity index (χ1n) is 6.61. The monoisotopic (exact) mass is 324 g/mol. The van der Waals surface area contributed by atoms with Gasteiger partial charge in [0.05, 0.1) is 0 Å². The summed E-state index contributed by atoms with van der Waals surface area (Å²) in [7, 11) is -3.58. The number of anilines is 1. The maximum Gasteiger partial charge on any atom is 0.242 e. The summed E-state index contributed by atoms with van der Waals surface area (Å²) in [4.78, 5) is 5.35. The quantitative estimate of drug-likeness (QED) is 0.588. The van der Waals surface area contributed by atoms with Gasteiger partial charge in [-0.1, -0.05) is 0 Å². The molecule has 21 heavy (non-hydrogen) atoms. The van der Waals surface area contributed by atoms with E-state index in [0.717, 1.165) is 24.8 Å². The predicted octanol–water partition coefficient (Wildman–Crippen LogP) is 1.78. The van der Waals surface area contributed by atoms with Crippen molar-refractivity contribution in [1.29, 1.82) is 0 Å². The molecule has 2 aromatic rings. The fourth-order valence-corrected chi connectivity index (χ4v) is 4.67. The molecule has 1 aliphatic rings. The van der Waals surface area contributed by atoms with Crippen molar-refractivity contribution < 1.29 is 8.42 Å². The number of nitrogens with zero attached hydrogens (tertiary/aromatic N) is 1. The number of pyridine rings is 1. The Morgan fingerprint density at radius 2 is 2.19 bits per heavy atom. The standard InChI is InChI=1S/C13H16N4O2S2/c14-16-13-5-4-9(8-15-13)21(18,19)17-11-2-1-3-12-10(11)6-7-20-12/h4-8,11,17H,1-3,14H2,(H,15,16). The summed E-state index contributed by atoms with van der Waals surface area (Å²) in [6, 6.07) is 4.87. The van der Waals surface area contributed by atoms with E-state index in [1.165, 1.54) is 23.2 Å². The summed E-state index contributed by atoms with van der Waals surface area (Å²) < 4.78 is 27.6. The number of hydrogen-bond donors (Lipinski definition) is 3. The summed E-state index contributed by atoms with van der Waals surface area (Å²) in [6.45, 7) is 0. The first kappa shape index (κ1) is 14.5. The van der Waals surface area contributed by atoms with Gasteiger partial charge in [0.2, 0.25) is 10.0 Å². The van der Waals surface area contributed by atoms with Crippen LogP contribution in [0.5, 0.6) is 0 Å². The highest BCUT2D eigenvalue weighted by Gasteiger charge is 2.26. The molecule has 0 aromatic carbocycles. The van der Waals surface area contributed by atoms with Crippen LogP contribution in [0.2, 0.25) is 0 Å². The average molecular weight is 324 g/mol. The highest BCUT2D eigenvalue weighted by atomic mass is 32.2. The molecular formula is C13H16N4O2S2. The molecule has 0 spiro atoms. The van der Waals surface area contributed by atoms with E-state index in [0.29, 0.717) is 5.82 Å². The molecule has 112 valence electrons. The molecule has 4 N–H and O–H groups in total. The summed E-state index contributed by atoms with van der Waals surface area (Å²) in [5, 5.41) is 2.01. The Morgan fingerprint density at radius 1 is 1.33 bits per heavy atom. The predicted molar refractivity (Wildman–Crippen MR) is 82.4 cm³/mol. The molecule has 6 nitrogen and oxygen atoms in total. The van der Waals surface area contributed by atoms with Gasteiger partial charge in [0.1, 0.15) is 10.7 Å². The van der Waals surface area contributed by atoms with E-state index >= 15 is 0 Å². The topological polar surface area (TPSA) is 97.1 Å². The van der Waals surface area contributed by atoms with Crippen LogP contribution in [-0.4, -0.2) is 13.4 Å². The summed E-state index contributed by atoms with van der Waals surface area (Å²) in [5.74, 6) is 5.65. The second-order valence-electron chi connectivity index (χ2n) is 4.89. The molecule has 1 atom stereocenters. The lowest BCUT2D eigenvalue weighted by Gasteiger charge is -2.23. The minimum absolute atomic E-state index is 0.142. The molecule has 8 heteroatoms. The van der Waals surface area contributed by atoms with Crippen LogP contribution < -0.4 is 16.0 Å². The Morgan fingerprint density at radius 3 is 2.90 bits per heavy atom. The molecule has 0 amide bonds. The fourth-order valence-electron chi connectivity index (χ4n) is 2.49. The van der Waals surface area contributed by atoms with E-state index in [1.807, 2.05) is 11.4 Å². The second kappa shape index (κ2) is 5.72. The number of rotatable bonds is 4. The number of nitrogens with one attached hydrogen (secondary N) is 2. The van der Waals surface area contributed by atoms with E-state index in [9.17, 15) is 8.42 Å².